The fourth-order valence-electron chi connectivity index (χ4n) is 1.07. The van der Waals surface area contributed by atoms with Gasteiger partial charge in [-0.15, -0.1) is 0 Å². The van der Waals surface area contributed by atoms with Crippen molar-refractivity contribution in [2.45, 2.75) is 4.90 Å². The second kappa shape index (κ2) is 3.53. The third-order valence-electron chi connectivity index (χ3n) is 1.62. The quantitative estimate of drug-likeness (QED) is 0.536. The summed E-state index contributed by atoms with van der Waals surface area (Å²) < 4.78 is 0. The van der Waals surface area contributed by atoms with Gasteiger partial charge >= 0.3 is 0 Å². The molecule has 2 aromatic rings. The van der Waals surface area contributed by atoms with Gasteiger partial charge in [-0.05, 0) is 18.2 Å². The van der Waals surface area contributed by atoms with Crippen LogP contribution in [0.1, 0.15) is 0 Å². The summed E-state index contributed by atoms with van der Waals surface area (Å²) in [5, 5.41) is 0. The minimum Gasteiger partial charge on any atom is -0.291 e. The zero-order valence-electron chi connectivity index (χ0n) is 6.68. The first kappa shape index (κ1) is 8.19. The van der Waals surface area contributed by atoms with Crippen molar-refractivity contribution in [2.24, 2.45) is 0 Å². The zero-order chi connectivity index (χ0) is 9.10. The maximum atomic E-state index is 10.2. The van der Waals surface area contributed by atoms with Gasteiger partial charge in [0.1, 0.15) is 0 Å². The Morgan fingerprint density at radius 3 is 2.69 bits per heavy atom. The Morgan fingerprint density at radius 1 is 1.15 bits per heavy atom. The normalized spacial score (nSPS) is 10.2. The van der Waals surface area contributed by atoms with Crippen LogP contribution in [0.2, 0.25) is 0 Å². The number of benzene rings is 1. The van der Waals surface area contributed by atoms with Crippen molar-refractivity contribution in [1.29, 1.82) is 0 Å². The lowest BCUT2D eigenvalue weighted by molar-refractivity contribution is 0.570. The number of hydrogen-bond acceptors (Lipinski definition) is 4. The van der Waals surface area contributed by atoms with E-state index in [-0.39, 0.29) is 0 Å². The lowest BCUT2D eigenvalue weighted by Crippen LogP contribution is -1.81. The summed E-state index contributed by atoms with van der Waals surface area (Å²) in [7, 11) is 0. The summed E-state index contributed by atoms with van der Waals surface area (Å²) in [5.74, 6) is 0. The number of carbonyl (C=O) groups excluding carboxylic acids is 1. The van der Waals surface area contributed by atoms with Crippen LogP contribution in [0.25, 0.3) is 11.0 Å². The van der Waals surface area contributed by atoms with Crippen LogP contribution < -0.4 is 0 Å². The smallest absolute Gasteiger partial charge is 0.180 e. The van der Waals surface area contributed by atoms with Crippen LogP contribution >= 0.6 is 11.8 Å². The largest absolute Gasteiger partial charge is 0.291 e. The molecule has 0 atom stereocenters. The maximum absolute atomic E-state index is 10.2. The van der Waals surface area contributed by atoms with Crippen LogP contribution in [0.15, 0.2) is 35.5 Å². The lowest BCUT2D eigenvalue weighted by Gasteiger charge is -1.96. The molecule has 3 nitrogen and oxygen atoms in total. The second-order valence-corrected chi connectivity index (χ2v) is 3.32. The van der Waals surface area contributed by atoms with E-state index in [0.29, 0.717) is 0 Å². The summed E-state index contributed by atoms with van der Waals surface area (Å²) >= 11 is 1.14. The molecule has 0 saturated carbocycles. The van der Waals surface area contributed by atoms with E-state index in [9.17, 15) is 4.79 Å². The van der Waals surface area contributed by atoms with Crippen molar-refractivity contribution in [3.63, 3.8) is 0 Å². The molecular formula is C9H6N2OS. The summed E-state index contributed by atoms with van der Waals surface area (Å²) in [5.41, 5.74) is 2.46. The second-order valence-electron chi connectivity index (χ2n) is 2.42. The van der Waals surface area contributed by atoms with Gasteiger partial charge in [0.2, 0.25) is 0 Å². The van der Waals surface area contributed by atoms with Gasteiger partial charge in [-0.1, -0.05) is 11.8 Å². The summed E-state index contributed by atoms with van der Waals surface area (Å²) in [6.07, 6.45) is 3.28. The van der Waals surface area contributed by atoms with Crippen molar-refractivity contribution in [1.82, 2.24) is 9.97 Å². The van der Waals surface area contributed by atoms with E-state index >= 15 is 0 Å². The topological polar surface area (TPSA) is 42.9 Å². The van der Waals surface area contributed by atoms with Gasteiger partial charge in [0, 0.05) is 17.3 Å². The van der Waals surface area contributed by atoms with Crippen LogP contribution in [0.4, 0.5) is 0 Å². The van der Waals surface area contributed by atoms with Crippen molar-refractivity contribution < 1.29 is 4.79 Å². The Bertz CT molecular complexity index is 444. The highest BCUT2D eigenvalue weighted by atomic mass is 32.2. The van der Waals surface area contributed by atoms with Crippen LogP contribution in [0, 0.1) is 0 Å². The first-order valence-electron chi connectivity index (χ1n) is 3.71. The molecule has 0 fully saturated rings. The molecule has 0 amide bonds. The minimum absolute atomic E-state index is 0.803. The van der Waals surface area contributed by atoms with Crippen molar-refractivity contribution in [3.8, 4) is 0 Å². The number of thioether (sulfide) groups is 1. The van der Waals surface area contributed by atoms with Crippen LogP contribution in [-0.2, 0) is 4.79 Å². The Balaban J connectivity index is 2.55. The molecule has 1 heterocycles. The van der Waals surface area contributed by atoms with E-state index < -0.39 is 0 Å². The highest BCUT2D eigenvalue weighted by Gasteiger charge is 1.97. The van der Waals surface area contributed by atoms with E-state index in [0.717, 1.165) is 33.3 Å². The molecule has 1 aromatic carbocycles. The molecule has 64 valence electrons. The predicted octanol–water partition coefficient (Wildman–Crippen LogP) is 1.91. The Kier molecular flexibility index (Phi) is 2.23. The average Bonchev–Trinajstić information content (AvgIpc) is 2.18. The fraction of sp³-hybridized carbons (Fsp3) is 0. The molecule has 0 unspecified atom stereocenters. The highest BCUT2D eigenvalue weighted by molar-refractivity contribution is 8.11. The number of hydrogen-bond donors (Lipinski definition) is 0. The summed E-state index contributed by atoms with van der Waals surface area (Å²) in [4.78, 5) is 19.4. The number of fused-ring (bicyclic) bond motifs is 1. The van der Waals surface area contributed by atoms with Crippen molar-refractivity contribution >= 4 is 28.4 Å². The van der Waals surface area contributed by atoms with E-state index in [1.165, 1.54) is 0 Å². The molecular weight excluding hydrogens is 184 g/mol. The molecule has 1 aromatic heterocycles. The molecule has 2 rings (SSSR count). The molecule has 4 heteroatoms. The fourth-order valence-corrected chi connectivity index (χ4v) is 1.51. The molecule has 0 aliphatic carbocycles. The van der Waals surface area contributed by atoms with Gasteiger partial charge < -0.3 is 0 Å². The first-order valence-corrected chi connectivity index (χ1v) is 4.59. The van der Waals surface area contributed by atoms with Crippen LogP contribution in [0.5, 0.6) is 0 Å². The van der Waals surface area contributed by atoms with Gasteiger partial charge in [0.05, 0.1) is 11.0 Å². The predicted molar refractivity (Wildman–Crippen MR) is 52.1 cm³/mol. The van der Waals surface area contributed by atoms with Gasteiger partial charge in [0.15, 0.2) is 5.62 Å². The molecule has 0 aliphatic rings. The van der Waals surface area contributed by atoms with E-state index in [1.54, 1.807) is 12.4 Å². The molecule has 0 radical (unpaired) electrons. The molecule has 0 saturated heterocycles. The molecule has 0 N–H and O–H groups in total. The third-order valence-corrected chi connectivity index (χ3v) is 2.25. The van der Waals surface area contributed by atoms with Crippen molar-refractivity contribution in [3.05, 3.63) is 30.6 Å². The van der Waals surface area contributed by atoms with E-state index in [2.05, 4.69) is 9.97 Å². The molecule has 0 spiro atoms. The maximum Gasteiger partial charge on any atom is 0.180 e. The number of rotatable bonds is 2. The van der Waals surface area contributed by atoms with Crippen LogP contribution in [0.3, 0.4) is 0 Å². The highest BCUT2D eigenvalue weighted by Crippen LogP contribution is 2.18. The third kappa shape index (κ3) is 1.67. The van der Waals surface area contributed by atoms with Crippen LogP contribution in [-0.4, -0.2) is 15.6 Å². The summed E-state index contributed by atoms with van der Waals surface area (Å²) in [6, 6.07) is 5.56. The molecule has 13 heavy (non-hydrogen) atoms. The Hall–Kier alpha value is -1.42. The van der Waals surface area contributed by atoms with Gasteiger partial charge in [-0.25, -0.2) is 0 Å². The summed E-state index contributed by atoms with van der Waals surface area (Å²) in [6.45, 7) is 0. The SMILES string of the molecule is O=CSc1ccc2nccnc2c1. The Labute approximate surface area is 79.2 Å². The monoisotopic (exact) mass is 190 g/mol. The van der Waals surface area contributed by atoms with Crippen molar-refractivity contribution in [2.75, 3.05) is 0 Å². The van der Waals surface area contributed by atoms with Gasteiger partial charge in [0.25, 0.3) is 0 Å². The minimum atomic E-state index is 0.803. The molecule has 0 bridgehead atoms. The first-order chi connectivity index (χ1) is 6.40. The van der Waals surface area contributed by atoms with E-state index in [1.807, 2.05) is 18.2 Å². The van der Waals surface area contributed by atoms with Gasteiger partial charge in [-0.3, -0.25) is 14.8 Å². The number of nitrogens with zero attached hydrogens (tertiary/aromatic N) is 2. The number of aromatic nitrogens is 2. The molecule has 0 aliphatic heterocycles. The number of carbonyl (C=O) groups is 1. The lowest BCUT2D eigenvalue weighted by atomic mass is 10.3. The van der Waals surface area contributed by atoms with Gasteiger partial charge in [-0.2, -0.15) is 0 Å². The standard InChI is InChI=1S/C9H6N2OS/c12-6-13-7-1-2-8-9(5-7)11-4-3-10-8/h1-6H. The average molecular weight is 190 g/mol. The Morgan fingerprint density at radius 2 is 1.92 bits per heavy atom. The zero-order valence-corrected chi connectivity index (χ0v) is 7.49. The van der Waals surface area contributed by atoms with E-state index in [4.69, 9.17) is 0 Å².